The Hall–Kier alpha value is -1.35. The zero-order valence-electron chi connectivity index (χ0n) is 12.1. The van der Waals surface area contributed by atoms with Crippen molar-refractivity contribution in [1.29, 1.82) is 0 Å². The molecule has 0 radical (unpaired) electrons. The number of piperidine rings is 1. The molecule has 0 spiro atoms. The van der Waals surface area contributed by atoms with E-state index in [1.54, 1.807) is 0 Å². The second kappa shape index (κ2) is 6.20. The van der Waals surface area contributed by atoms with Crippen LogP contribution in [0.15, 0.2) is 18.2 Å². The lowest BCUT2D eigenvalue weighted by atomic mass is 9.96. The quantitative estimate of drug-likeness (QED) is 0.876. The van der Waals surface area contributed by atoms with Crippen LogP contribution in [0.5, 0.6) is 0 Å². The fourth-order valence-electron chi connectivity index (χ4n) is 2.71. The van der Waals surface area contributed by atoms with Crippen molar-refractivity contribution in [1.82, 2.24) is 10.6 Å². The number of aryl methyl sites for hydroxylation is 2. The van der Waals surface area contributed by atoms with Gasteiger partial charge in [-0.1, -0.05) is 23.8 Å². The standard InChI is InChI=1S/C16H24N2O/c1-11-6-7-12(2)15(9-11)13(3)18-16(19)14-5-4-8-17-10-14/h6-7,9,13-14,17H,4-5,8,10H2,1-3H3,(H,18,19)/t13?,14-/m1/s1. The summed E-state index contributed by atoms with van der Waals surface area (Å²) in [6, 6.07) is 6.47. The highest BCUT2D eigenvalue weighted by molar-refractivity contribution is 5.79. The lowest BCUT2D eigenvalue weighted by Gasteiger charge is -2.25. The summed E-state index contributed by atoms with van der Waals surface area (Å²) >= 11 is 0. The molecule has 3 nitrogen and oxygen atoms in total. The predicted octanol–water partition coefficient (Wildman–Crippen LogP) is 2.48. The first-order chi connectivity index (χ1) is 9.08. The number of amides is 1. The predicted molar refractivity (Wildman–Crippen MR) is 78.1 cm³/mol. The number of nitrogens with one attached hydrogen (secondary N) is 2. The smallest absolute Gasteiger partial charge is 0.224 e. The van der Waals surface area contributed by atoms with Crippen molar-refractivity contribution in [2.45, 2.75) is 39.7 Å². The lowest BCUT2D eigenvalue weighted by Crippen LogP contribution is -2.41. The van der Waals surface area contributed by atoms with Gasteiger partial charge in [0.2, 0.25) is 5.91 Å². The third-order valence-electron chi connectivity index (χ3n) is 3.93. The molecular formula is C16H24N2O. The Labute approximate surface area is 115 Å². The number of carbonyl (C=O) groups excluding carboxylic acids is 1. The summed E-state index contributed by atoms with van der Waals surface area (Å²) < 4.78 is 0. The Morgan fingerprint density at radius 1 is 1.42 bits per heavy atom. The Morgan fingerprint density at radius 2 is 2.21 bits per heavy atom. The van der Waals surface area contributed by atoms with Gasteiger partial charge in [-0.3, -0.25) is 4.79 Å². The Morgan fingerprint density at radius 3 is 2.89 bits per heavy atom. The zero-order chi connectivity index (χ0) is 13.8. The summed E-state index contributed by atoms with van der Waals surface area (Å²) in [5.74, 6) is 0.307. The third-order valence-corrected chi connectivity index (χ3v) is 3.93. The van der Waals surface area contributed by atoms with E-state index in [9.17, 15) is 4.79 Å². The molecule has 0 saturated carbocycles. The molecule has 1 aromatic carbocycles. The Kier molecular flexibility index (Phi) is 4.59. The first kappa shape index (κ1) is 14.1. The zero-order valence-corrected chi connectivity index (χ0v) is 12.1. The van der Waals surface area contributed by atoms with Gasteiger partial charge in [0.15, 0.2) is 0 Å². The molecule has 0 bridgehead atoms. The Bertz CT molecular complexity index is 450. The minimum Gasteiger partial charge on any atom is -0.349 e. The van der Waals surface area contributed by atoms with Crippen LogP contribution in [-0.2, 0) is 4.79 Å². The van der Waals surface area contributed by atoms with Crippen LogP contribution in [0.4, 0.5) is 0 Å². The van der Waals surface area contributed by atoms with E-state index in [4.69, 9.17) is 0 Å². The molecule has 104 valence electrons. The van der Waals surface area contributed by atoms with Crippen molar-refractivity contribution in [3.63, 3.8) is 0 Å². The van der Waals surface area contributed by atoms with Crippen LogP contribution in [0.2, 0.25) is 0 Å². The van der Waals surface area contributed by atoms with Gasteiger partial charge in [-0.2, -0.15) is 0 Å². The topological polar surface area (TPSA) is 41.1 Å². The number of carbonyl (C=O) groups is 1. The fourth-order valence-corrected chi connectivity index (χ4v) is 2.71. The van der Waals surface area contributed by atoms with Crippen molar-refractivity contribution in [3.05, 3.63) is 34.9 Å². The largest absolute Gasteiger partial charge is 0.349 e. The second-order valence-corrected chi connectivity index (χ2v) is 5.63. The number of benzene rings is 1. The lowest BCUT2D eigenvalue weighted by molar-refractivity contribution is -0.126. The molecule has 2 rings (SSSR count). The van der Waals surface area contributed by atoms with Gasteiger partial charge >= 0.3 is 0 Å². The molecule has 0 aromatic heterocycles. The van der Waals surface area contributed by atoms with E-state index < -0.39 is 0 Å². The first-order valence-electron chi connectivity index (χ1n) is 7.16. The number of rotatable bonds is 3. The number of hydrogen-bond donors (Lipinski definition) is 2. The van der Waals surface area contributed by atoms with Gasteiger partial charge in [0.1, 0.15) is 0 Å². The van der Waals surface area contributed by atoms with Gasteiger partial charge in [-0.15, -0.1) is 0 Å². The van der Waals surface area contributed by atoms with Gasteiger partial charge in [-0.25, -0.2) is 0 Å². The molecule has 1 saturated heterocycles. The molecule has 1 aliphatic rings. The highest BCUT2D eigenvalue weighted by Crippen LogP contribution is 2.20. The van der Waals surface area contributed by atoms with Gasteiger partial charge in [-0.05, 0) is 51.3 Å². The monoisotopic (exact) mass is 260 g/mol. The molecule has 1 aliphatic heterocycles. The third kappa shape index (κ3) is 3.57. The summed E-state index contributed by atoms with van der Waals surface area (Å²) in [5.41, 5.74) is 3.69. The maximum Gasteiger partial charge on any atom is 0.224 e. The van der Waals surface area contributed by atoms with E-state index in [1.807, 2.05) is 0 Å². The van der Waals surface area contributed by atoms with E-state index in [0.29, 0.717) is 0 Å². The van der Waals surface area contributed by atoms with Crippen LogP contribution >= 0.6 is 0 Å². The van der Waals surface area contributed by atoms with Gasteiger partial charge in [0.05, 0.1) is 12.0 Å². The summed E-state index contributed by atoms with van der Waals surface area (Å²) in [5, 5.41) is 6.44. The maximum atomic E-state index is 12.2. The van der Waals surface area contributed by atoms with Crippen molar-refractivity contribution in [2.75, 3.05) is 13.1 Å². The van der Waals surface area contributed by atoms with E-state index >= 15 is 0 Å². The van der Waals surface area contributed by atoms with Crippen LogP contribution in [0.1, 0.15) is 42.5 Å². The first-order valence-corrected chi connectivity index (χ1v) is 7.16. The average Bonchev–Trinajstić information content (AvgIpc) is 2.42. The highest BCUT2D eigenvalue weighted by atomic mass is 16.1. The molecule has 2 atom stereocenters. The van der Waals surface area contributed by atoms with Crippen molar-refractivity contribution in [3.8, 4) is 0 Å². The number of hydrogen-bond acceptors (Lipinski definition) is 2. The minimum atomic E-state index is 0.0781. The van der Waals surface area contributed by atoms with E-state index in [2.05, 4.69) is 49.6 Å². The van der Waals surface area contributed by atoms with Crippen molar-refractivity contribution >= 4 is 5.91 Å². The molecule has 1 heterocycles. The van der Waals surface area contributed by atoms with Crippen molar-refractivity contribution < 1.29 is 4.79 Å². The normalized spacial score (nSPS) is 20.9. The molecule has 1 unspecified atom stereocenters. The van der Waals surface area contributed by atoms with Crippen LogP contribution in [-0.4, -0.2) is 19.0 Å². The van der Waals surface area contributed by atoms with Gasteiger partial charge in [0, 0.05) is 6.54 Å². The molecular weight excluding hydrogens is 236 g/mol. The molecule has 1 aromatic rings. The summed E-state index contributed by atoms with van der Waals surface area (Å²) in [6.45, 7) is 8.10. The SMILES string of the molecule is Cc1ccc(C)c(C(C)NC(=O)[C@@H]2CCCNC2)c1. The molecule has 19 heavy (non-hydrogen) atoms. The van der Waals surface area contributed by atoms with Crippen LogP contribution in [0.3, 0.4) is 0 Å². The van der Waals surface area contributed by atoms with Gasteiger partial charge in [0.25, 0.3) is 0 Å². The van der Waals surface area contributed by atoms with Crippen molar-refractivity contribution in [2.24, 2.45) is 5.92 Å². The van der Waals surface area contributed by atoms with Crippen LogP contribution < -0.4 is 10.6 Å². The fraction of sp³-hybridized carbons (Fsp3) is 0.562. The summed E-state index contributed by atoms with van der Waals surface area (Å²) in [7, 11) is 0. The maximum absolute atomic E-state index is 12.2. The molecule has 2 N–H and O–H groups in total. The molecule has 0 aliphatic carbocycles. The molecule has 1 amide bonds. The van der Waals surface area contributed by atoms with E-state index in [-0.39, 0.29) is 17.9 Å². The second-order valence-electron chi connectivity index (χ2n) is 5.63. The van der Waals surface area contributed by atoms with Gasteiger partial charge < -0.3 is 10.6 Å². The Balaban J connectivity index is 2.01. The summed E-state index contributed by atoms with van der Waals surface area (Å²) in [6.07, 6.45) is 2.09. The van der Waals surface area contributed by atoms with E-state index in [0.717, 1.165) is 25.9 Å². The average molecular weight is 260 g/mol. The summed E-state index contributed by atoms with van der Waals surface area (Å²) in [4.78, 5) is 12.2. The van der Waals surface area contributed by atoms with E-state index in [1.165, 1.54) is 16.7 Å². The highest BCUT2D eigenvalue weighted by Gasteiger charge is 2.22. The minimum absolute atomic E-state index is 0.0781. The molecule has 3 heteroatoms. The van der Waals surface area contributed by atoms with Crippen LogP contribution in [0.25, 0.3) is 0 Å². The molecule has 1 fully saturated rings. The van der Waals surface area contributed by atoms with Crippen LogP contribution in [0, 0.1) is 19.8 Å².